The summed E-state index contributed by atoms with van der Waals surface area (Å²) in [6.07, 6.45) is -0.171. The lowest BCUT2D eigenvalue weighted by Gasteiger charge is -2.30. The number of urea groups is 1. The monoisotopic (exact) mass is 499 g/mol. The lowest BCUT2D eigenvalue weighted by molar-refractivity contribution is -0.163. The third-order valence-corrected chi connectivity index (χ3v) is 6.32. The van der Waals surface area contributed by atoms with Gasteiger partial charge in [-0.2, -0.15) is 0 Å². The normalized spacial score (nSPS) is 17.5. The van der Waals surface area contributed by atoms with Gasteiger partial charge in [0.1, 0.15) is 17.0 Å². The minimum absolute atomic E-state index is 0.171. The second-order valence-corrected chi connectivity index (χ2v) is 10.1. The van der Waals surface area contributed by atoms with Crippen molar-refractivity contribution in [2.45, 2.75) is 44.2 Å². The first-order valence-corrected chi connectivity index (χ1v) is 12.1. The number of ether oxygens (including phenoxy) is 1. The van der Waals surface area contributed by atoms with E-state index < -0.39 is 40.9 Å². The third-order valence-electron chi connectivity index (χ3n) is 4.99. The number of hydrogen-bond acceptors (Lipinski definition) is 6. The standard InChI is InChI=1S/C25H29N3O6S/c1-25(2,3)34-23(32)19-15-35-22(17-9-5-4-6-10-17)28(19)20(29)14-26-24(33)27-18-11-7-8-16(12-18)13-21(30)31/h4-12,19,22H,13-15H2,1-3H3,(H,30,31)(H2,26,27,33)/t19-,22+/m0/s1. The summed E-state index contributed by atoms with van der Waals surface area (Å²) >= 11 is 1.47. The summed E-state index contributed by atoms with van der Waals surface area (Å²) in [5.41, 5.74) is 1.11. The number of nitrogens with zero attached hydrogens (tertiary/aromatic N) is 1. The fourth-order valence-corrected chi connectivity index (χ4v) is 5.03. The Balaban J connectivity index is 1.69. The van der Waals surface area contributed by atoms with Gasteiger partial charge in [-0.1, -0.05) is 42.5 Å². The smallest absolute Gasteiger partial charge is 0.330 e. The minimum Gasteiger partial charge on any atom is -0.481 e. The molecule has 186 valence electrons. The number of carbonyl (C=O) groups is 4. The van der Waals surface area contributed by atoms with E-state index >= 15 is 0 Å². The fraction of sp³-hybridized carbons (Fsp3) is 0.360. The second kappa shape index (κ2) is 11.3. The molecule has 3 N–H and O–H groups in total. The number of aliphatic carboxylic acids is 1. The molecule has 0 aromatic heterocycles. The van der Waals surface area contributed by atoms with Crippen LogP contribution in [0.1, 0.15) is 37.3 Å². The highest BCUT2D eigenvalue weighted by Gasteiger charge is 2.43. The Morgan fingerprint density at radius 3 is 2.46 bits per heavy atom. The van der Waals surface area contributed by atoms with E-state index in [1.54, 1.807) is 45.0 Å². The molecule has 2 aromatic carbocycles. The van der Waals surface area contributed by atoms with Crippen molar-refractivity contribution in [2.24, 2.45) is 0 Å². The zero-order chi connectivity index (χ0) is 25.6. The molecule has 10 heteroatoms. The van der Waals surface area contributed by atoms with Crippen molar-refractivity contribution in [1.29, 1.82) is 0 Å². The highest BCUT2D eigenvalue weighted by Crippen LogP contribution is 2.41. The Morgan fingerprint density at radius 1 is 1.09 bits per heavy atom. The maximum Gasteiger partial charge on any atom is 0.330 e. The molecule has 2 atom stereocenters. The van der Waals surface area contributed by atoms with E-state index in [1.165, 1.54) is 16.7 Å². The van der Waals surface area contributed by atoms with Crippen molar-refractivity contribution in [3.05, 3.63) is 65.7 Å². The first-order valence-electron chi connectivity index (χ1n) is 11.1. The molecule has 1 saturated heterocycles. The molecule has 1 heterocycles. The van der Waals surface area contributed by atoms with Crippen LogP contribution in [0.25, 0.3) is 0 Å². The molecule has 1 aliphatic rings. The Bertz CT molecular complexity index is 1090. The highest BCUT2D eigenvalue weighted by molar-refractivity contribution is 7.99. The summed E-state index contributed by atoms with van der Waals surface area (Å²) in [4.78, 5) is 50.9. The number of carbonyl (C=O) groups excluding carboxylic acids is 3. The van der Waals surface area contributed by atoms with Crippen LogP contribution in [0, 0.1) is 0 Å². The Morgan fingerprint density at radius 2 is 1.80 bits per heavy atom. The van der Waals surface area contributed by atoms with Gasteiger partial charge >= 0.3 is 18.0 Å². The van der Waals surface area contributed by atoms with Crippen LogP contribution in [0.4, 0.5) is 10.5 Å². The zero-order valence-corrected chi connectivity index (χ0v) is 20.6. The van der Waals surface area contributed by atoms with Crippen LogP contribution in [0.2, 0.25) is 0 Å². The van der Waals surface area contributed by atoms with Gasteiger partial charge in [0, 0.05) is 11.4 Å². The summed E-state index contributed by atoms with van der Waals surface area (Å²) in [6.45, 7) is 4.98. The number of esters is 1. The molecular weight excluding hydrogens is 470 g/mol. The summed E-state index contributed by atoms with van der Waals surface area (Å²) < 4.78 is 5.54. The molecule has 3 amide bonds. The number of nitrogens with one attached hydrogen (secondary N) is 2. The van der Waals surface area contributed by atoms with Gasteiger partial charge in [-0.15, -0.1) is 11.8 Å². The largest absolute Gasteiger partial charge is 0.481 e. The van der Waals surface area contributed by atoms with Gasteiger partial charge in [0.05, 0.1) is 13.0 Å². The molecule has 2 aromatic rings. The average Bonchev–Trinajstić information content (AvgIpc) is 3.22. The molecule has 9 nitrogen and oxygen atoms in total. The van der Waals surface area contributed by atoms with Crippen molar-refractivity contribution >= 4 is 41.3 Å². The van der Waals surface area contributed by atoms with Crippen LogP contribution in [0.5, 0.6) is 0 Å². The number of thioether (sulfide) groups is 1. The van der Waals surface area contributed by atoms with E-state index in [0.29, 0.717) is 17.0 Å². The first-order chi connectivity index (χ1) is 16.5. The van der Waals surface area contributed by atoms with Crippen LogP contribution in [-0.4, -0.2) is 57.8 Å². The maximum absolute atomic E-state index is 13.2. The summed E-state index contributed by atoms with van der Waals surface area (Å²) in [6, 6.07) is 14.4. The molecular formula is C25H29N3O6S. The van der Waals surface area contributed by atoms with Crippen molar-refractivity contribution in [1.82, 2.24) is 10.2 Å². The lowest BCUT2D eigenvalue weighted by Crippen LogP contribution is -2.49. The van der Waals surface area contributed by atoms with Crippen LogP contribution in [0.15, 0.2) is 54.6 Å². The highest BCUT2D eigenvalue weighted by atomic mass is 32.2. The molecule has 3 rings (SSSR count). The topological polar surface area (TPSA) is 125 Å². The predicted octanol–water partition coefficient (Wildman–Crippen LogP) is 3.42. The summed E-state index contributed by atoms with van der Waals surface area (Å²) in [7, 11) is 0. The summed E-state index contributed by atoms with van der Waals surface area (Å²) in [5.74, 6) is -1.51. The molecule has 1 aliphatic heterocycles. The van der Waals surface area contributed by atoms with E-state index in [2.05, 4.69) is 10.6 Å². The van der Waals surface area contributed by atoms with Crippen molar-refractivity contribution in [3.63, 3.8) is 0 Å². The fourth-order valence-electron chi connectivity index (χ4n) is 3.59. The molecule has 35 heavy (non-hydrogen) atoms. The minimum atomic E-state index is -0.979. The van der Waals surface area contributed by atoms with E-state index in [4.69, 9.17) is 9.84 Å². The molecule has 0 radical (unpaired) electrons. The Hall–Kier alpha value is -3.53. The lowest BCUT2D eigenvalue weighted by atomic mass is 10.1. The van der Waals surface area contributed by atoms with Crippen molar-refractivity contribution in [2.75, 3.05) is 17.6 Å². The number of hydrogen-bond donors (Lipinski definition) is 3. The van der Waals surface area contributed by atoms with Crippen LogP contribution in [-0.2, 0) is 25.5 Å². The molecule has 1 fully saturated rings. The number of benzene rings is 2. The van der Waals surface area contributed by atoms with Gasteiger partial charge < -0.3 is 25.4 Å². The van der Waals surface area contributed by atoms with Gasteiger partial charge in [0.2, 0.25) is 5.91 Å². The van der Waals surface area contributed by atoms with Crippen molar-refractivity contribution in [3.8, 4) is 0 Å². The van der Waals surface area contributed by atoms with E-state index in [1.807, 2.05) is 30.3 Å². The van der Waals surface area contributed by atoms with Crippen LogP contribution in [0.3, 0.4) is 0 Å². The molecule has 0 spiro atoms. The average molecular weight is 500 g/mol. The van der Waals surface area contributed by atoms with Crippen LogP contribution < -0.4 is 10.6 Å². The second-order valence-electron chi connectivity index (χ2n) is 9.03. The van der Waals surface area contributed by atoms with E-state index in [9.17, 15) is 19.2 Å². The van der Waals surface area contributed by atoms with Crippen LogP contribution >= 0.6 is 11.8 Å². The summed E-state index contributed by atoms with van der Waals surface area (Å²) in [5, 5.41) is 13.7. The van der Waals surface area contributed by atoms with E-state index in [0.717, 1.165) is 5.56 Å². The number of carboxylic acid groups (broad SMARTS) is 1. The molecule has 0 saturated carbocycles. The number of anilines is 1. The van der Waals surface area contributed by atoms with Gasteiger partial charge in [0.25, 0.3) is 0 Å². The zero-order valence-electron chi connectivity index (χ0n) is 19.8. The van der Waals surface area contributed by atoms with Gasteiger partial charge in [0.15, 0.2) is 0 Å². The Kier molecular flexibility index (Phi) is 8.39. The molecule has 0 aliphatic carbocycles. The maximum atomic E-state index is 13.2. The molecule has 0 unspecified atom stereocenters. The molecule has 0 bridgehead atoms. The van der Waals surface area contributed by atoms with Crippen molar-refractivity contribution < 1.29 is 29.0 Å². The van der Waals surface area contributed by atoms with Gasteiger partial charge in [-0.3, -0.25) is 9.59 Å². The number of amides is 3. The van der Waals surface area contributed by atoms with Gasteiger partial charge in [-0.25, -0.2) is 9.59 Å². The van der Waals surface area contributed by atoms with E-state index in [-0.39, 0.29) is 13.0 Å². The quantitative estimate of drug-likeness (QED) is 0.499. The Labute approximate surface area is 208 Å². The number of rotatable bonds is 7. The predicted molar refractivity (Wildman–Crippen MR) is 133 cm³/mol. The SMILES string of the molecule is CC(C)(C)OC(=O)[C@@H]1CS[C@H](c2ccccc2)N1C(=O)CNC(=O)Nc1cccc(CC(=O)O)c1. The van der Waals surface area contributed by atoms with Gasteiger partial charge in [-0.05, 0) is 44.0 Å². The third kappa shape index (κ3) is 7.48. The number of carboxylic acids is 1. The first kappa shape index (κ1) is 26.1.